The molecule has 0 bridgehead atoms. The van der Waals surface area contributed by atoms with Crippen LogP contribution in [0.5, 0.6) is 5.75 Å². The summed E-state index contributed by atoms with van der Waals surface area (Å²) in [5, 5.41) is 1.15. The monoisotopic (exact) mass is 447 g/mol. The molecule has 5 nitrogen and oxygen atoms in total. The van der Waals surface area contributed by atoms with E-state index in [2.05, 4.69) is 4.98 Å². The molecule has 2 aromatic heterocycles. The van der Waals surface area contributed by atoms with Crippen molar-refractivity contribution in [2.75, 3.05) is 7.11 Å². The van der Waals surface area contributed by atoms with Crippen molar-refractivity contribution in [2.24, 2.45) is 0 Å². The molecular formula is C25H19ClFN3O2. The average Bonchev–Trinajstić information content (AvgIpc) is 3.12. The lowest BCUT2D eigenvalue weighted by molar-refractivity contribution is 0.414. The van der Waals surface area contributed by atoms with Gasteiger partial charge in [-0.15, -0.1) is 0 Å². The van der Waals surface area contributed by atoms with Gasteiger partial charge in [0.05, 0.1) is 32.0 Å². The Balaban J connectivity index is 1.71. The van der Waals surface area contributed by atoms with E-state index in [1.807, 2.05) is 48.5 Å². The second kappa shape index (κ2) is 8.13. The third kappa shape index (κ3) is 3.42. The highest BCUT2D eigenvalue weighted by Crippen LogP contribution is 2.28. The molecule has 32 heavy (non-hydrogen) atoms. The molecule has 0 unspecified atom stereocenters. The van der Waals surface area contributed by atoms with Crippen molar-refractivity contribution in [3.8, 4) is 5.75 Å². The molecule has 0 fully saturated rings. The van der Waals surface area contributed by atoms with Gasteiger partial charge in [0.1, 0.15) is 22.6 Å². The first kappa shape index (κ1) is 20.3. The molecule has 0 atom stereocenters. The second-order valence-electron chi connectivity index (χ2n) is 7.53. The van der Waals surface area contributed by atoms with Gasteiger partial charge in [0, 0.05) is 16.0 Å². The van der Waals surface area contributed by atoms with Gasteiger partial charge in [-0.2, -0.15) is 0 Å². The molecule has 0 aliphatic heterocycles. The number of hydrogen-bond acceptors (Lipinski definition) is 3. The van der Waals surface area contributed by atoms with Crippen LogP contribution in [0.15, 0.2) is 77.9 Å². The molecule has 3 aromatic carbocycles. The summed E-state index contributed by atoms with van der Waals surface area (Å²) in [6, 6.07) is 19.7. The number of ether oxygens (including phenoxy) is 1. The summed E-state index contributed by atoms with van der Waals surface area (Å²) in [7, 11) is 1.60. The van der Waals surface area contributed by atoms with Crippen LogP contribution in [0, 0.1) is 5.82 Å². The predicted octanol–water partition coefficient (Wildman–Crippen LogP) is 5.25. The molecule has 0 N–H and O–H groups in total. The van der Waals surface area contributed by atoms with Crippen molar-refractivity contribution >= 4 is 33.5 Å². The van der Waals surface area contributed by atoms with E-state index in [1.165, 1.54) is 6.07 Å². The first-order chi connectivity index (χ1) is 15.6. The summed E-state index contributed by atoms with van der Waals surface area (Å²) in [6.45, 7) is 0.455. The molecule has 2 heterocycles. The van der Waals surface area contributed by atoms with Crippen LogP contribution in [0.1, 0.15) is 11.1 Å². The number of rotatable bonds is 5. The minimum absolute atomic E-state index is 0.121. The largest absolute Gasteiger partial charge is 0.497 e. The van der Waals surface area contributed by atoms with E-state index < -0.39 is 5.82 Å². The standard InChI is InChI=1S/C25H19ClFN3O2/c1-32-17-7-4-6-16(12-17)13-29-15-28-23-18-8-2-3-11-22(18)30(24(23)25(29)31)14-19-20(26)9-5-10-21(19)27/h2-12,15H,13-14H2,1H3. The summed E-state index contributed by atoms with van der Waals surface area (Å²) in [5.74, 6) is 0.303. The van der Waals surface area contributed by atoms with Gasteiger partial charge in [-0.3, -0.25) is 9.36 Å². The van der Waals surface area contributed by atoms with E-state index in [-0.39, 0.29) is 12.1 Å². The number of nitrogens with zero attached hydrogens (tertiary/aromatic N) is 3. The van der Waals surface area contributed by atoms with E-state index in [0.717, 1.165) is 16.5 Å². The molecule has 5 rings (SSSR count). The van der Waals surface area contributed by atoms with E-state index in [9.17, 15) is 9.18 Å². The molecule has 0 spiro atoms. The number of halogens is 2. The predicted molar refractivity (Wildman–Crippen MR) is 124 cm³/mol. The van der Waals surface area contributed by atoms with Gasteiger partial charge in [0.2, 0.25) is 0 Å². The first-order valence-electron chi connectivity index (χ1n) is 10.1. The lowest BCUT2D eigenvalue weighted by Crippen LogP contribution is -2.23. The summed E-state index contributed by atoms with van der Waals surface area (Å²) in [5.41, 5.74) is 2.83. The Morgan fingerprint density at radius 1 is 1.03 bits per heavy atom. The fourth-order valence-corrected chi connectivity index (χ4v) is 4.26. The number of hydrogen-bond donors (Lipinski definition) is 0. The normalized spacial score (nSPS) is 11.3. The molecule has 0 aliphatic rings. The van der Waals surface area contributed by atoms with Gasteiger partial charge in [-0.1, -0.05) is 48.0 Å². The van der Waals surface area contributed by atoms with Crippen molar-refractivity contribution in [2.45, 2.75) is 13.1 Å². The van der Waals surface area contributed by atoms with Crippen LogP contribution >= 0.6 is 11.6 Å². The molecule has 0 saturated carbocycles. The highest BCUT2D eigenvalue weighted by atomic mass is 35.5. The zero-order chi connectivity index (χ0) is 22.2. The Kier molecular flexibility index (Phi) is 5.15. The molecule has 0 amide bonds. The van der Waals surface area contributed by atoms with Crippen LogP contribution in [0.2, 0.25) is 5.02 Å². The van der Waals surface area contributed by atoms with E-state index in [4.69, 9.17) is 16.3 Å². The lowest BCUT2D eigenvalue weighted by atomic mass is 10.2. The van der Waals surface area contributed by atoms with Crippen LogP contribution in [0.25, 0.3) is 21.9 Å². The van der Waals surface area contributed by atoms with Crippen LogP contribution in [-0.4, -0.2) is 21.2 Å². The molecule has 5 aromatic rings. The number of benzene rings is 3. The van der Waals surface area contributed by atoms with Crippen molar-refractivity contribution < 1.29 is 9.13 Å². The number of methoxy groups -OCH3 is 1. The van der Waals surface area contributed by atoms with E-state index >= 15 is 0 Å². The van der Waals surface area contributed by atoms with Gasteiger partial charge in [-0.05, 0) is 35.9 Å². The van der Waals surface area contributed by atoms with Gasteiger partial charge >= 0.3 is 0 Å². The van der Waals surface area contributed by atoms with Gasteiger partial charge in [0.25, 0.3) is 5.56 Å². The molecule has 0 saturated heterocycles. The molecular weight excluding hydrogens is 429 g/mol. The molecule has 7 heteroatoms. The van der Waals surface area contributed by atoms with Crippen LogP contribution in [0.4, 0.5) is 4.39 Å². The highest BCUT2D eigenvalue weighted by Gasteiger charge is 2.18. The van der Waals surface area contributed by atoms with E-state index in [0.29, 0.717) is 33.9 Å². The topological polar surface area (TPSA) is 49.0 Å². The third-order valence-electron chi connectivity index (χ3n) is 5.60. The maximum absolute atomic E-state index is 14.6. The Morgan fingerprint density at radius 3 is 2.66 bits per heavy atom. The fraction of sp³-hybridized carbons (Fsp3) is 0.120. The fourth-order valence-electron chi connectivity index (χ4n) is 4.03. The maximum Gasteiger partial charge on any atom is 0.278 e. The lowest BCUT2D eigenvalue weighted by Gasteiger charge is -2.11. The average molecular weight is 448 g/mol. The molecule has 0 radical (unpaired) electrons. The Morgan fingerprint density at radius 2 is 1.84 bits per heavy atom. The third-order valence-corrected chi connectivity index (χ3v) is 5.95. The molecule has 160 valence electrons. The van der Waals surface area contributed by atoms with Crippen LogP contribution < -0.4 is 10.3 Å². The first-order valence-corrected chi connectivity index (χ1v) is 10.5. The van der Waals surface area contributed by atoms with Crippen molar-refractivity contribution in [3.05, 3.63) is 105 Å². The highest BCUT2D eigenvalue weighted by molar-refractivity contribution is 6.31. The van der Waals surface area contributed by atoms with Gasteiger partial charge < -0.3 is 9.30 Å². The summed E-state index contributed by atoms with van der Waals surface area (Å²) in [4.78, 5) is 18.2. The minimum atomic E-state index is -0.413. The number of fused-ring (bicyclic) bond motifs is 3. The smallest absolute Gasteiger partial charge is 0.278 e. The SMILES string of the molecule is COc1cccc(Cn2cnc3c4ccccc4n(Cc4c(F)cccc4Cl)c3c2=O)c1. The molecule has 0 aliphatic carbocycles. The van der Waals surface area contributed by atoms with Gasteiger partial charge in [-0.25, -0.2) is 9.37 Å². The Labute approximate surface area is 188 Å². The number of para-hydroxylation sites is 1. The van der Waals surface area contributed by atoms with Gasteiger partial charge in [0.15, 0.2) is 0 Å². The Bertz CT molecular complexity index is 1500. The summed E-state index contributed by atoms with van der Waals surface area (Å²) < 4.78 is 23.2. The van der Waals surface area contributed by atoms with Crippen molar-refractivity contribution in [1.29, 1.82) is 0 Å². The minimum Gasteiger partial charge on any atom is -0.497 e. The zero-order valence-corrected chi connectivity index (χ0v) is 18.0. The van der Waals surface area contributed by atoms with Crippen molar-refractivity contribution in [1.82, 2.24) is 14.1 Å². The summed E-state index contributed by atoms with van der Waals surface area (Å²) in [6.07, 6.45) is 1.55. The zero-order valence-electron chi connectivity index (χ0n) is 17.3. The van der Waals surface area contributed by atoms with Crippen molar-refractivity contribution in [3.63, 3.8) is 0 Å². The number of aromatic nitrogens is 3. The summed E-state index contributed by atoms with van der Waals surface area (Å²) >= 11 is 6.29. The Hall–Kier alpha value is -3.64. The quantitative estimate of drug-likeness (QED) is 0.370. The van der Waals surface area contributed by atoms with Crippen LogP contribution in [0.3, 0.4) is 0 Å². The van der Waals surface area contributed by atoms with Crippen LogP contribution in [-0.2, 0) is 13.1 Å². The second-order valence-corrected chi connectivity index (χ2v) is 7.94. The van der Waals surface area contributed by atoms with E-state index in [1.54, 1.807) is 34.7 Å². The maximum atomic E-state index is 14.6.